The summed E-state index contributed by atoms with van der Waals surface area (Å²) in [5.74, 6) is 0.725. The minimum atomic E-state index is -0.595. The molecule has 3 aromatic heterocycles. The number of pyridine rings is 2. The molecule has 174 valence electrons. The molecule has 1 amide bonds. The lowest BCUT2D eigenvalue weighted by molar-refractivity contribution is 0.0500. The van der Waals surface area contributed by atoms with E-state index in [2.05, 4.69) is 44.5 Å². The second kappa shape index (κ2) is 9.87. The second-order valence-electron chi connectivity index (χ2n) is 9.10. The van der Waals surface area contributed by atoms with Crippen LogP contribution in [-0.2, 0) is 18.2 Å². The molecule has 1 aromatic carbocycles. The molecule has 0 radical (unpaired) electrons. The zero-order chi connectivity index (χ0) is 24.1. The molecule has 3 heterocycles. The molecule has 1 N–H and O–H groups in total. The van der Waals surface area contributed by atoms with Crippen LogP contribution in [0.25, 0.3) is 22.4 Å². The third kappa shape index (κ3) is 5.67. The monoisotopic (exact) mass is 455 g/mol. The van der Waals surface area contributed by atoms with Gasteiger partial charge < -0.3 is 14.6 Å². The first-order valence-corrected chi connectivity index (χ1v) is 11.2. The number of alkyl carbamates (subject to hydrolysis) is 1. The van der Waals surface area contributed by atoms with E-state index in [0.717, 1.165) is 33.9 Å². The van der Waals surface area contributed by atoms with Crippen LogP contribution in [0.2, 0.25) is 0 Å². The Balaban J connectivity index is 1.61. The molecule has 0 bridgehead atoms. The van der Waals surface area contributed by atoms with E-state index in [1.54, 1.807) is 12.4 Å². The molecule has 0 fully saturated rings. The third-order valence-corrected chi connectivity index (χ3v) is 5.34. The molecule has 4 rings (SSSR count). The summed E-state index contributed by atoms with van der Waals surface area (Å²) in [6.45, 7) is 5.52. The van der Waals surface area contributed by atoms with E-state index in [1.807, 2.05) is 75.1 Å². The number of nitrogens with one attached hydrogen (secondary N) is 1. The fourth-order valence-corrected chi connectivity index (χ4v) is 3.77. The van der Waals surface area contributed by atoms with Crippen molar-refractivity contribution in [2.45, 2.75) is 38.8 Å². The first-order chi connectivity index (χ1) is 16.3. The summed E-state index contributed by atoms with van der Waals surface area (Å²) >= 11 is 0. The molecule has 0 aliphatic heterocycles. The Morgan fingerprint density at radius 2 is 1.71 bits per heavy atom. The van der Waals surface area contributed by atoms with Gasteiger partial charge in [-0.2, -0.15) is 0 Å². The molecule has 0 aliphatic carbocycles. The van der Waals surface area contributed by atoms with Crippen LogP contribution in [-0.4, -0.2) is 31.2 Å². The van der Waals surface area contributed by atoms with Crippen LogP contribution in [0, 0.1) is 0 Å². The van der Waals surface area contributed by atoms with E-state index < -0.39 is 17.7 Å². The van der Waals surface area contributed by atoms with Gasteiger partial charge in [0.2, 0.25) is 0 Å². The van der Waals surface area contributed by atoms with Crippen LogP contribution in [0.15, 0.2) is 79.4 Å². The van der Waals surface area contributed by atoms with E-state index >= 15 is 0 Å². The number of carbonyl (C=O) groups is 1. The fraction of sp³-hybridized carbons (Fsp3) is 0.259. The lowest BCUT2D eigenvalue weighted by atomic mass is 10.0. The van der Waals surface area contributed by atoms with Gasteiger partial charge in [-0.15, -0.1) is 0 Å². The number of ether oxygens (including phenoxy) is 1. The molecular weight excluding hydrogens is 426 g/mol. The van der Waals surface area contributed by atoms with Crippen molar-refractivity contribution in [1.29, 1.82) is 0 Å². The van der Waals surface area contributed by atoms with Crippen molar-refractivity contribution in [3.05, 3.63) is 90.9 Å². The van der Waals surface area contributed by atoms with Gasteiger partial charge in [-0.05, 0) is 55.7 Å². The predicted molar refractivity (Wildman–Crippen MR) is 132 cm³/mol. The van der Waals surface area contributed by atoms with Crippen LogP contribution in [0.4, 0.5) is 4.79 Å². The molecule has 0 spiro atoms. The zero-order valence-corrected chi connectivity index (χ0v) is 19.9. The largest absolute Gasteiger partial charge is 0.444 e. The Hall–Kier alpha value is -4.00. The molecule has 34 heavy (non-hydrogen) atoms. The summed E-state index contributed by atoms with van der Waals surface area (Å²) in [4.78, 5) is 25.9. The van der Waals surface area contributed by atoms with Gasteiger partial charge in [-0.3, -0.25) is 9.97 Å². The highest BCUT2D eigenvalue weighted by Gasteiger charge is 2.25. The summed E-state index contributed by atoms with van der Waals surface area (Å²) in [7, 11) is 1.95. The fourth-order valence-electron chi connectivity index (χ4n) is 3.77. The van der Waals surface area contributed by atoms with Crippen molar-refractivity contribution in [3.63, 3.8) is 0 Å². The summed E-state index contributed by atoms with van der Waals surface area (Å²) in [6.07, 6.45) is 7.19. The maximum absolute atomic E-state index is 12.6. The number of hydrogen-bond acceptors (Lipinski definition) is 5. The molecule has 1 unspecified atom stereocenters. The lowest BCUT2D eigenvalue weighted by Gasteiger charge is -2.23. The van der Waals surface area contributed by atoms with Crippen molar-refractivity contribution in [3.8, 4) is 22.4 Å². The maximum atomic E-state index is 12.6. The number of benzene rings is 1. The first-order valence-electron chi connectivity index (χ1n) is 11.2. The van der Waals surface area contributed by atoms with Crippen molar-refractivity contribution < 1.29 is 9.53 Å². The highest BCUT2D eigenvalue weighted by atomic mass is 16.6. The molecule has 7 nitrogen and oxygen atoms in total. The Morgan fingerprint density at radius 1 is 0.941 bits per heavy atom. The smallest absolute Gasteiger partial charge is 0.408 e. The SMILES string of the molecule is Cn1c(-c2ccc(-c3cccnc3)cc2)cnc1C(Cc1ccccn1)NC(=O)OC(C)(C)C. The normalized spacial score (nSPS) is 12.2. The number of imidazole rings is 1. The van der Waals surface area contributed by atoms with Gasteiger partial charge >= 0.3 is 6.09 Å². The summed E-state index contributed by atoms with van der Waals surface area (Å²) in [5, 5.41) is 2.98. The van der Waals surface area contributed by atoms with Gasteiger partial charge in [0.25, 0.3) is 0 Å². The van der Waals surface area contributed by atoms with Crippen molar-refractivity contribution in [2.75, 3.05) is 0 Å². The van der Waals surface area contributed by atoms with Gasteiger partial charge in [-0.1, -0.05) is 36.4 Å². The van der Waals surface area contributed by atoms with Gasteiger partial charge in [-0.25, -0.2) is 9.78 Å². The lowest BCUT2D eigenvalue weighted by Crippen LogP contribution is -2.36. The molecular formula is C27H29N5O2. The number of nitrogens with zero attached hydrogens (tertiary/aromatic N) is 4. The molecule has 0 saturated heterocycles. The van der Waals surface area contributed by atoms with Crippen LogP contribution in [0.3, 0.4) is 0 Å². The molecule has 7 heteroatoms. The minimum absolute atomic E-state index is 0.404. The van der Waals surface area contributed by atoms with E-state index in [0.29, 0.717) is 6.42 Å². The topological polar surface area (TPSA) is 81.9 Å². The Kier molecular flexibility index (Phi) is 6.72. The number of carbonyl (C=O) groups excluding carboxylic acids is 1. The first kappa shape index (κ1) is 23.2. The van der Waals surface area contributed by atoms with E-state index in [-0.39, 0.29) is 0 Å². The number of aromatic nitrogens is 4. The zero-order valence-electron chi connectivity index (χ0n) is 19.9. The van der Waals surface area contributed by atoms with Crippen LogP contribution in [0.1, 0.15) is 38.3 Å². The Morgan fingerprint density at radius 3 is 2.35 bits per heavy atom. The number of rotatable bonds is 6. The van der Waals surface area contributed by atoms with Crippen molar-refractivity contribution >= 4 is 6.09 Å². The average Bonchev–Trinajstić information content (AvgIpc) is 3.20. The van der Waals surface area contributed by atoms with Gasteiger partial charge in [0.15, 0.2) is 0 Å². The summed E-state index contributed by atoms with van der Waals surface area (Å²) in [5.41, 5.74) is 4.40. The van der Waals surface area contributed by atoms with Crippen LogP contribution >= 0.6 is 0 Å². The van der Waals surface area contributed by atoms with Crippen molar-refractivity contribution in [1.82, 2.24) is 24.8 Å². The maximum Gasteiger partial charge on any atom is 0.408 e. The molecule has 0 saturated carbocycles. The molecule has 4 aromatic rings. The third-order valence-electron chi connectivity index (χ3n) is 5.34. The van der Waals surface area contributed by atoms with E-state index in [9.17, 15) is 4.79 Å². The number of amides is 1. The highest BCUT2D eigenvalue weighted by molar-refractivity contribution is 5.69. The van der Waals surface area contributed by atoms with Gasteiger partial charge in [0.05, 0.1) is 17.9 Å². The standard InChI is InChI=1S/C27H29N5O2/c1-27(2,3)34-26(33)31-23(16-22-9-5-6-15-29-22)25-30-18-24(32(25)4)20-12-10-19(11-13-20)21-8-7-14-28-17-21/h5-15,17-18,23H,16H2,1-4H3,(H,31,33). The average molecular weight is 456 g/mol. The Labute approximate surface area is 199 Å². The minimum Gasteiger partial charge on any atom is -0.444 e. The number of hydrogen-bond donors (Lipinski definition) is 1. The quantitative estimate of drug-likeness (QED) is 0.424. The summed E-state index contributed by atoms with van der Waals surface area (Å²) in [6, 6.07) is 17.6. The van der Waals surface area contributed by atoms with Crippen LogP contribution < -0.4 is 5.32 Å². The highest BCUT2D eigenvalue weighted by Crippen LogP contribution is 2.27. The van der Waals surface area contributed by atoms with Gasteiger partial charge in [0.1, 0.15) is 11.4 Å². The van der Waals surface area contributed by atoms with Crippen molar-refractivity contribution in [2.24, 2.45) is 7.05 Å². The van der Waals surface area contributed by atoms with Gasteiger partial charge in [0, 0.05) is 37.8 Å². The summed E-state index contributed by atoms with van der Waals surface area (Å²) < 4.78 is 7.51. The van der Waals surface area contributed by atoms with E-state index in [4.69, 9.17) is 4.74 Å². The Bertz CT molecular complexity index is 1230. The van der Waals surface area contributed by atoms with E-state index in [1.165, 1.54) is 0 Å². The second-order valence-corrected chi connectivity index (χ2v) is 9.10. The predicted octanol–water partition coefficient (Wildman–Crippen LogP) is 5.35. The molecule has 1 atom stereocenters. The van der Waals surface area contributed by atoms with Crippen LogP contribution in [0.5, 0.6) is 0 Å². The molecule has 0 aliphatic rings.